The lowest BCUT2D eigenvalue weighted by Crippen LogP contribution is -2.51. The maximum Gasteiger partial charge on any atom is 0.335 e. The summed E-state index contributed by atoms with van der Waals surface area (Å²) in [7, 11) is -4.89. The van der Waals surface area contributed by atoms with Gasteiger partial charge in [-0.2, -0.15) is 0 Å². The molecule has 0 aromatic carbocycles. The molecule has 0 saturated carbocycles. The number of ether oxygens (including phenoxy) is 12. The zero-order chi connectivity index (χ0) is 50.2. The monoisotopic (exact) mass is 1020 g/mol. The minimum atomic E-state index is -4.89. The molecule has 1 fully saturated rings. The van der Waals surface area contributed by atoms with Crippen LogP contribution < -0.4 is 10.6 Å². The summed E-state index contributed by atoms with van der Waals surface area (Å²) in [6.45, 7) is 7.92. The molecule has 2 heterocycles. The van der Waals surface area contributed by atoms with Crippen LogP contribution in [-0.4, -0.2) is 248 Å². The van der Waals surface area contributed by atoms with E-state index in [0.717, 1.165) is 17.1 Å². The van der Waals surface area contributed by atoms with Gasteiger partial charge in [-0.25, -0.2) is 13.2 Å². The van der Waals surface area contributed by atoms with Crippen LogP contribution in [0.1, 0.15) is 25.7 Å². The first-order valence-electron chi connectivity index (χ1n) is 22.4. The molecule has 0 aromatic rings. The first kappa shape index (κ1) is 61.0. The second kappa shape index (κ2) is 39.6. The van der Waals surface area contributed by atoms with Gasteiger partial charge in [0.05, 0.1) is 181 Å². The second-order valence-corrected chi connectivity index (χ2v) is 15.6. The summed E-state index contributed by atoms with van der Waals surface area (Å²) >= 11 is 0. The van der Waals surface area contributed by atoms with Crippen molar-refractivity contribution >= 4 is 51.5 Å². The highest BCUT2D eigenvalue weighted by molar-refractivity contribution is 7.85. The molecule has 1 atom stereocenters. The van der Waals surface area contributed by atoms with Crippen LogP contribution in [0.2, 0.25) is 0 Å². The summed E-state index contributed by atoms with van der Waals surface area (Å²) in [5.41, 5.74) is 0. The number of rotatable bonds is 47. The fourth-order valence-electron chi connectivity index (χ4n) is 5.37. The molecule has 1 saturated heterocycles. The molecule has 1 unspecified atom stereocenters. The van der Waals surface area contributed by atoms with Gasteiger partial charge in [-0.05, 0) is 0 Å². The van der Waals surface area contributed by atoms with Crippen molar-refractivity contribution in [2.75, 3.05) is 177 Å². The summed E-state index contributed by atoms with van der Waals surface area (Å²) < 4.78 is 98.8. The van der Waals surface area contributed by atoms with Crippen LogP contribution in [0, 0.1) is 0 Å². The highest BCUT2D eigenvalue weighted by atomic mass is 32.2. The van der Waals surface area contributed by atoms with Gasteiger partial charge in [0, 0.05) is 44.5 Å². The van der Waals surface area contributed by atoms with E-state index in [1.54, 1.807) is 0 Å². The van der Waals surface area contributed by atoms with Crippen LogP contribution >= 0.6 is 0 Å². The molecule has 2 aliphatic heterocycles. The van der Waals surface area contributed by atoms with Crippen molar-refractivity contribution in [1.82, 2.24) is 20.6 Å². The number of amides is 6. The molecule has 0 bridgehead atoms. The molecule has 0 radical (unpaired) electrons. The van der Waals surface area contributed by atoms with E-state index in [9.17, 15) is 46.5 Å². The maximum absolute atomic E-state index is 12.4. The standard InChI is InChI=1S/C41H68N4O23S/c46-35(5-8-44-36(47)1-2-37(44)48)43-34(33-69(53,54)55)41(52)42-7-10-57-12-14-59-16-18-61-20-22-63-24-26-65-28-30-67-32-31-66-29-27-64-25-23-62-21-19-60-17-15-58-13-11-56-9-6-40(51)68-45-38(49)3-4-39(45)50/h1-2,34H,3-33H2,(H,42,52)(H,43,46)(H,53,54,55)/p-1. The Morgan fingerprint density at radius 1 is 0.522 bits per heavy atom. The lowest BCUT2D eigenvalue weighted by Gasteiger charge is -2.21. The third kappa shape index (κ3) is 33.1. The van der Waals surface area contributed by atoms with Crippen molar-refractivity contribution in [2.45, 2.75) is 31.7 Å². The topological polar surface area (TPSA) is 327 Å². The Kier molecular flexibility index (Phi) is 35.0. The Bertz CT molecular complexity index is 1610. The van der Waals surface area contributed by atoms with Crippen molar-refractivity contribution in [3.8, 4) is 0 Å². The van der Waals surface area contributed by atoms with E-state index >= 15 is 0 Å². The molecular weight excluding hydrogens is 949 g/mol. The smallest absolute Gasteiger partial charge is 0.335 e. The summed E-state index contributed by atoms with van der Waals surface area (Å²) in [5, 5.41) is 5.04. The normalized spacial score (nSPS) is 14.3. The Labute approximate surface area is 400 Å². The number of hydrogen-bond donors (Lipinski definition) is 2. The first-order chi connectivity index (χ1) is 33.4. The van der Waals surface area contributed by atoms with Crippen LogP contribution in [0.25, 0.3) is 0 Å². The molecule has 0 spiro atoms. The fourth-order valence-corrected chi connectivity index (χ4v) is 6.01. The highest BCUT2D eigenvalue weighted by Gasteiger charge is 2.32. The van der Waals surface area contributed by atoms with E-state index in [1.807, 2.05) is 0 Å². The van der Waals surface area contributed by atoms with Crippen molar-refractivity contribution in [3.63, 3.8) is 0 Å². The maximum atomic E-state index is 12.4. The van der Waals surface area contributed by atoms with Crippen LogP contribution in [0.15, 0.2) is 12.2 Å². The third-order valence-electron chi connectivity index (χ3n) is 8.77. The molecule has 28 heteroatoms. The van der Waals surface area contributed by atoms with Crippen LogP contribution in [0.3, 0.4) is 0 Å². The molecule has 2 rings (SSSR count). The molecule has 27 nitrogen and oxygen atoms in total. The van der Waals surface area contributed by atoms with Gasteiger partial charge in [-0.15, -0.1) is 5.06 Å². The Morgan fingerprint density at radius 3 is 1.20 bits per heavy atom. The molecule has 2 N–H and O–H groups in total. The highest BCUT2D eigenvalue weighted by Crippen LogP contribution is 2.12. The van der Waals surface area contributed by atoms with E-state index in [4.69, 9.17) is 61.7 Å². The van der Waals surface area contributed by atoms with Gasteiger partial charge in [0.2, 0.25) is 11.8 Å². The second-order valence-electron chi connectivity index (χ2n) is 14.2. The van der Waals surface area contributed by atoms with Gasteiger partial charge in [-0.1, -0.05) is 0 Å². The number of carbonyl (C=O) groups excluding carboxylic acids is 7. The number of hydrogen-bond acceptors (Lipinski definition) is 23. The van der Waals surface area contributed by atoms with E-state index in [1.165, 1.54) is 0 Å². The number of carbonyl (C=O) groups is 7. The molecular formula is C41H67N4O23S-. The lowest BCUT2D eigenvalue weighted by atomic mass is 10.2. The first-order valence-corrected chi connectivity index (χ1v) is 24.0. The zero-order valence-electron chi connectivity index (χ0n) is 38.8. The van der Waals surface area contributed by atoms with E-state index < -0.39 is 69.7 Å². The average molecular weight is 1020 g/mol. The van der Waals surface area contributed by atoms with Crippen LogP contribution in [0.4, 0.5) is 0 Å². The largest absolute Gasteiger partial charge is 0.748 e. The van der Waals surface area contributed by atoms with Crippen LogP contribution in [-0.2, 0) is 105 Å². The Balaban J connectivity index is 1.22. The molecule has 6 amide bonds. The van der Waals surface area contributed by atoms with E-state index in [0.29, 0.717) is 131 Å². The van der Waals surface area contributed by atoms with Crippen molar-refractivity contribution in [2.24, 2.45) is 0 Å². The molecule has 0 aromatic heterocycles. The summed E-state index contributed by atoms with van der Waals surface area (Å²) in [6.07, 6.45) is 1.68. The Hall–Kier alpha value is -4.14. The summed E-state index contributed by atoms with van der Waals surface area (Å²) in [5.74, 6) is -5.92. The third-order valence-corrected chi connectivity index (χ3v) is 9.51. The van der Waals surface area contributed by atoms with Crippen molar-refractivity contribution in [1.29, 1.82) is 0 Å². The quantitative estimate of drug-likeness (QED) is 0.0342. The number of nitrogens with zero attached hydrogens (tertiary/aromatic N) is 2. The lowest BCUT2D eigenvalue weighted by molar-refractivity contribution is -0.198. The minimum Gasteiger partial charge on any atom is -0.748 e. The van der Waals surface area contributed by atoms with Gasteiger partial charge in [0.1, 0.15) is 6.04 Å². The summed E-state index contributed by atoms with van der Waals surface area (Å²) in [4.78, 5) is 88.0. The number of hydroxylamine groups is 2. The number of imide groups is 2. The van der Waals surface area contributed by atoms with Gasteiger partial charge >= 0.3 is 5.97 Å². The zero-order valence-corrected chi connectivity index (χ0v) is 39.7. The van der Waals surface area contributed by atoms with Gasteiger partial charge in [0.25, 0.3) is 23.6 Å². The molecule has 396 valence electrons. The van der Waals surface area contributed by atoms with Crippen molar-refractivity contribution < 1.29 is 108 Å². The molecule has 69 heavy (non-hydrogen) atoms. The molecule has 0 aliphatic carbocycles. The Morgan fingerprint density at radius 2 is 0.855 bits per heavy atom. The predicted molar refractivity (Wildman–Crippen MR) is 232 cm³/mol. The van der Waals surface area contributed by atoms with Crippen LogP contribution in [0.5, 0.6) is 0 Å². The van der Waals surface area contributed by atoms with E-state index in [2.05, 4.69) is 10.6 Å². The van der Waals surface area contributed by atoms with E-state index in [-0.39, 0.29) is 65.4 Å². The molecule has 2 aliphatic rings. The summed E-state index contributed by atoms with van der Waals surface area (Å²) in [6, 6.07) is -1.68. The van der Waals surface area contributed by atoms with Gasteiger partial charge < -0.3 is 76.9 Å². The van der Waals surface area contributed by atoms with Gasteiger partial charge in [0.15, 0.2) is 0 Å². The number of nitrogens with one attached hydrogen (secondary N) is 2. The average Bonchev–Trinajstić information content (AvgIpc) is 3.81. The minimum absolute atomic E-state index is 0.0366. The fraction of sp³-hybridized carbons (Fsp3) is 0.780. The van der Waals surface area contributed by atoms with Gasteiger partial charge in [-0.3, -0.25) is 33.7 Å². The SMILES string of the molecule is O=C(CCN1C(=O)C=CC1=O)NC(CS(=O)(=O)[O-])C(=O)NCCOCCOCCOCCOCCOCCOCCOCCOCCOCCOCCOCCOCCC(=O)ON1C(=O)CCC1=O. The predicted octanol–water partition coefficient (Wildman–Crippen LogP) is -3.36. The van der Waals surface area contributed by atoms with Crippen molar-refractivity contribution in [3.05, 3.63) is 12.2 Å².